The van der Waals surface area contributed by atoms with E-state index < -0.39 is 11.6 Å². The van der Waals surface area contributed by atoms with Crippen LogP contribution in [0.4, 0.5) is 14.6 Å². The van der Waals surface area contributed by atoms with Crippen molar-refractivity contribution in [2.24, 2.45) is 0 Å². The number of halogens is 4. The first-order valence-corrected chi connectivity index (χ1v) is 7.42. The summed E-state index contributed by atoms with van der Waals surface area (Å²) >= 11 is 6.73. The van der Waals surface area contributed by atoms with Crippen LogP contribution in [0, 0.1) is 11.6 Å². The Labute approximate surface area is 135 Å². The zero-order chi connectivity index (χ0) is 15.1. The highest BCUT2D eigenvalue weighted by molar-refractivity contribution is 9.11. The Morgan fingerprint density at radius 3 is 2.57 bits per heavy atom. The van der Waals surface area contributed by atoms with E-state index in [2.05, 4.69) is 41.8 Å². The van der Waals surface area contributed by atoms with Crippen molar-refractivity contribution >= 4 is 48.6 Å². The monoisotopic (exact) mass is 413 g/mol. The van der Waals surface area contributed by atoms with Crippen molar-refractivity contribution < 1.29 is 8.78 Å². The molecule has 0 radical (unpaired) electrons. The summed E-state index contributed by atoms with van der Waals surface area (Å²) in [5.74, 6) is -1.71. The second-order valence-electron chi connectivity index (χ2n) is 4.32. The number of benzene rings is 2. The van der Waals surface area contributed by atoms with Crippen molar-refractivity contribution in [2.45, 2.75) is 0 Å². The van der Waals surface area contributed by atoms with Crippen LogP contribution in [0.3, 0.4) is 0 Å². The number of nitrogens with zero attached hydrogens (tertiary/aromatic N) is 2. The molecule has 0 atom stereocenters. The van der Waals surface area contributed by atoms with E-state index in [-0.39, 0.29) is 17.2 Å². The normalized spacial score (nSPS) is 11.0. The van der Waals surface area contributed by atoms with Gasteiger partial charge in [0.1, 0.15) is 5.82 Å². The molecule has 0 spiro atoms. The molecule has 3 rings (SSSR count). The molecule has 2 N–H and O–H groups in total. The van der Waals surface area contributed by atoms with Gasteiger partial charge < -0.3 is 5.73 Å². The molecular weight excluding hydrogens is 408 g/mol. The predicted octanol–water partition coefficient (Wildman–Crippen LogP) is 4.68. The second-order valence-corrected chi connectivity index (χ2v) is 6.09. The molecular formula is C14H7Br2F2N3. The molecule has 0 aliphatic carbocycles. The van der Waals surface area contributed by atoms with Gasteiger partial charge in [0.25, 0.3) is 0 Å². The molecule has 3 aromatic rings. The number of rotatable bonds is 1. The second kappa shape index (κ2) is 5.31. The minimum absolute atomic E-state index is 0.0292. The van der Waals surface area contributed by atoms with Crippen molar-refractivity contribution in [1.82, 2.24) is 9.97 Å². The van der Waals surface area contributed by atoms with Crippen LogP contribution in [0.5, 0.6) is 0 Å². The number of nitrogen functional groups attached to an aromatic ring is 1. The summed E-state index contributed by atoms with van der Waals surface area (Å²) in [4.78, 5) is 8.36. The van der Waals surface area contributed by atoms with Crippen LogP contribution < -0.4 is 5.73 Å². The fraction of sp³-hybridized carbons (Fsp3) is 0. The topological polar surface area (TPSA) is 51.8 Å². The lowest BCUT2D eigenvalue weighted by Crippen LogP contribution is -2.00. The number of anilines is 1. The van der Waals surface area contributed by atoms with Gasteiger partial charge in [-0.3, -0.25) is 0 Å². The summed E-state index contributed by atoms with van der Waals surface area (Å²) < 4.78 is 28.7. The highest BCUT2D eigenvalue weighted by Gasteiger charge is 2.15. The summed E-state index contributed by atoms with van der Waals surface area (Å²) in [7, 11) is 0. The lowest BCUT2D eigenvalue weighted by atomic mass is 10.1. The third-order valence-electron chi connectivity index (χ3n) is 2.94. The van der Waals surface area contributed by atoms with Crippen molar-refractivity contribution in [3.63, 3.8) is 0 Å². The average Bonchev–Trinajstić information content (AvgIpc) is 2.43. The summed E-state index contributed by atoms with van der Waals surface area (Å²) in [5.41, 5.74) is 6.41. The van der Waals surface area contributed by atoms with Gasteiger partial charge in [0.2, 0.25) is 0 Å². The van der Waals surface area contributed by atoms with E-state index in [1.54, 1.807) is 12.1 Å². The molecule has 2 aromatic carbocycles. The minimum Gasteiger partial charge on any atom is -0.383 e. The van der Waals surface area contributed by atoms with Gasteiger partial charge in [-0.05, 0) is 40.2 Å². The number of hydrogen-bond donors (Lipinski definition) is 1. The Hall–Kier alpha value is -1.60. The predicted molar refractivity (Wildman–Crippen MR) is 84.7 cm³/mol. The average molecular weight is 415 g/mol. The van der Waals surface area contributed by atoms with Crippen LogP contribution in [0.2, 0.25) is 0 Å². The number of aromatic nitrogens is 2. The minimum atomic E-state index is -0.996. The first kappa shape index (κ1) is 14.3. The van der Waals surface area contributed by atoms with Crippen LogP contribution in [0.1, 0.15) is 0 Å². The fourth-order valence-corrected chi connectivity index (χ4v) is 3.29. The summed E-state index contributed by atoms with van der Waals surface area (Å²) in [5, 5.41) is 0.622. The molecule has 0 saturated carbocycles. The first-order chi connectivity index (χ1) is 9.97. The SMILES string of the molecule is Nc1nc(-c2cccc(F)c2F)nc2c(Br)cc(Br)cc12. The number of fused-ring (bicyclic) bond motifs is 1. The molecule has 0 amide bonds. The highest BCUT2D eigenvalue weighted by Crippen LogP contribution is 2.32. The van der Waals surface area contributed by atoms with Crippen LogP contribution >= 0.6 is 31.9 Å². The quantitative estimate of drug-likeness (QED) is 0.628. The van der Waals surface area contributed by atoms with Gasteiger partial charge in [0, 0.05) is 14.3 Å². The lowest BCUT2D eigenvalue weighted by molar-refractivity contribution is 0.510. The maximum atomic E-state index is 13.9. The molecule has 0 fully saturated rings. The van der Waals surface area contributed by atoms with Crippen molar-refractivity contribution in [2.75, 3.05) is 5.73 Å². The van der Waals surface area contributed by atoms with E-state index in [4.69, 9.17) is 5.73 Å². The Morgan fingerprint density at radius 2 is 1.81 bits per heavy atom. The molecule has 7 heteroatoms. The van der Waals surface area contributed by atoms with E-state index in [9.17, 15) is 8.78 Å². The van der Waals surface area contributed by atoms with Crippen LogP contribution in [0.25, 0.3) is 22.3 Å². The zero-order valence-electron chi connectivity index (χ0n) is 10.4. The van der Waals surface area contributed by atoms with Crippen molar-refractivity contribution in [1.29, 1.82) is 0 Å². The van der Waals surface area contributed by atoms with E-state index in [1.807, 2.05) is 0 Å². The van der Waals surface area contributed by atoms with Gasteiger partial charge in [-0.25, -0.2) is 18.7 Å². The molecule has 21 heavy (non-hydrogen) atoms. The van der Waals surface area contributed by atoms with Crippen molar-refractivity contribution in [3.8, 4) is 11.4 Å². The molecule has 0 aliphatic rings. The van der Waals surface area contributed by atoms with E-state index in [1.165, 1.54) is 12.1 Å². The van der Waals surface area contributed by atoms with E-state index in [0.29, 0.717) is 15.4 Å². The third kappa shape index (κ3) is 2.51. The van der Waals surface area contributed by atoms with Crippen LogP contribution in [-0.2, 0) is 0 Å². The number of hydrogen-bond acceptors (Lipinski definition) is 3. The first-order valence-electron chi connectivity index (χ1n) is 5.84. The highest BCUT2D eigenvalue weighted by atomic mass is 79.9. The van der Waals surface area contributed by atoms with Gasteiger partial charge in [-0.2, -0.15) is 0 Å². The molecule has 106 valence electrons. The van der Waals surface area contributed by atoms with Crippen LogP contribution in [0.15, 0.2) is 39.3 Å². The largest absolute Gasteiger partial charge is 0.383 e. The Morgan fingerprint density at radius 1 is 1.05 bits per heavy atom. The molecule has 0 unspecified atom stereocenters. The standard InChI is InChI=1S/C14H7Br2F2N3/c15-6-4-8-12(9(16)5-6)20-14(21-13(8)19)7-2-1-3-10(17)11(7)18/h1-5H,(H2,19,20,21). The molecule has 1 aromatic heterocycles. The van der Waals surface area contributed by atoms with Crippen molar-refractivity contribution in [3.05, 3.63) is 50.9 Å². The molecule has 1 heterocycles. The lowest BCUT2D eigenvalue weighted by Gasteiger charge is -2.08. The van der Waals surface area contributed by atoms with E-state index >= 15 is 0 Å². The fourth-order valence-electron chi connectivity index (χ4n) is 1.98. The smallest absolute Gasteiger partial charge is 0.169 e. The summed E-state index contributed by atoms with van der Waals surface area (Å²) in [6, 6.07) is 7.40. The Balaban J connectivity index is 2.33. The molecule has 3 nitrogen and oxygen atoms in total. The summed E-state index contributed by atoms with van der Waals surface area (Å²) in [6.07, 6.45) is 0. The Bertz CT molecular complexity index is 868. The van der Waals surface area contributed by atoms with Crippen LogP contribution in [-0.4, -0.2) is 9.97 Å². The Kier molecular flexibility index (Phi) is 3.62. The third-order valence-corrected chi connectivity index (χ3v) is 4.00. The van der Waals surface area contributed by atoms with Gasteiger partial charge in [-0.15, -0.1) is 0 Å². The summed E-state index contributed by atoms with van der Waals surface area (Å²) in [6.45, 7) is 0. The maximum absolute atomic E-state index is 13.9. The van der Waals surface area contributed by atoms with Gasteiger partial charge in [-0.1, -0.05) is 22.0 Å². The van der Waals surface area contributed by atoms with Gasteiger partial charge in [0.15, 0.2) is 17.5 Å². The molecule has 0 bridgehead atoms. The van der Waals surface area contributed by atoms with E-state index in [0.717, 1.165) is 10.5 Å². The zero-order valence-corrected chi connectivity index (χ0v) is 13.5. The molecule has 0 aliphatic heterocycles. The van der Waals surface area contributed by atoms with Gasteiger partial charge in [0.05, 0.1) is 11.1 Å². The van der Waals surface area contributed by atoms with Gasteiger partial charge >= 0.3 is 0 Å². The maximum Gasteiger partial charge on any atom is 0.169 e. The molecule has 0 saturated heterocycles. The number of nitrogens with two attached hydrogens (primary N) is 1.